The zero-order valence-electron chi connectivity index (χ0n) is 9.48. The van der Waals surface area contributed by atoms with Crippen molar-refractivity contribution in [3.05, 3.63) is 23.1 Å². The molecule has 90 valence electrons. The van der Waals surface area contributed by atoms with Gasteiger partial charge in [0.2, 0.25) is 0 Å². The first-order valence-corrected chi connectivity index (χ1v) is 6.10. The Hall–Kier alpha value is -1.27. The van der Waals surface area contributed by atoms with Crippen LogP contribution in [0.5, 0.6) is 0 Å². The van der Waals surface area contributed by atoms with Crippen molar-refractivity contribution in [2.45, 2.75) is 6.42 Å². The van der Waals surface area contributed by atoms with Crippen LogP contribution >= 0.6 is 15.9 Å². The van der Waals surface area contributed by atoms with Crippen molar-refractivity contribution in [3.63, 3.8) is 0 Å². The van der Waals surface area contributed by atoms with Crippen LogP contribution in [-0.2, 0) is 4.74 Å². The van der Waals surface area contributed by atoms with Crippen molar-refractivity contribution >= 4 is 32.8 Å². The van der Waals surface area contributed by atoms with Gasteiger partial charge < -0.3 is 10.1 Å². The van der Waals surface area contributed by atoms with Crippen LogP contribution in [0.3, 0.4) is 0 Å². The number of rotatable bonds is 5. The van der Waals surface area contributed by atoms with Crippen LogP contribution in [0.1, 0.15) is 6.42 Å². The number of ether oxygens (including phenoxy) is 1. The van der Waals surface area contributed by atoms with Gasteiger partial charge in [0.05, 0.1) is 4.47 Å². The van der Waals surface area contributed by atoms with Crippen molar-refractivity contribution in [3.8, 4) is 0 Å². The van der Waals surface area contributed by atoms with Gasteiger partial charge >= 0.3 is 0 Å². The molecule has 2 aromatic rings. The first-order chi connectivity index (χ1) is 8.33. The molecule has 5 nitrogen and oxygen atoms in total. The summed E-state index contributed by atoms with van der Waals surface area (Å²) in [6.07, 6.45) is 5.99. The van der Waals surface area contributed by atoms with Crippen molar-refractivity contribution < 1.29 is 4.74 Å². The summed E-state index contributed by atoms with van der Waals surface area (Å²) in [5.74, 6) is 0.757. The molecule has 0 atom stereocenters. The fourth-order valence-electron chi connectivity index (χ4n) is 1.48. The van der Waals surface area contributed by atoms with Gasteiger partial charge in [0.15, 0.2) is 5.82 Å². The number of methoxy groups -OCH3 is 1. The highest BCUT2D eigenvalue weighted by Gasteiger charge is 2.07. The maximum atomic E-state index is 4.99. The maximum absolute atomic E-state index is 4.99. The topological polar surface area (TPSA) is 59.9 Å². The van der Waals surface area contributed by atoms with Crippen LogP contribution in [0.25, 0.3) is 11.0 Å². The fourth-order valence-corrected chi connectivity index (χ4v) is 1.87. The number of anilines is 1. The molecule has 0 aliphatic rings. The minimum absolute atomic E-state index is 0.729. The number of fused-ring (bicyclic) bond motifs is 1. The second kappa shape index (κ2) is 5.88. The van der Waals surface area contributed by atoms with E-state index in [0.29, 0.717) is 0 Å². The minimum atomic E-state index is 0.729. The number of pyridine rings is 1. The van der Waals surface area contributed by atoms with Gasteiger partial charge in [0.25, 0.3) is 0 Å². The van der Waals surface area contributed by atoms with E-state index in [1.54, 1.807) is 25.7 Å². The Kier molecular flexibility index (Phi) is 4.22. The number of nitrogens with zero attached hydrogens (tertiary/aromatic N) is 3. The monoisotopic (exact) mass is 296 g/mol. The van der Waals surface area contributed by atoms with Crippen LogP contribution < -0.4 is 5.32 Å². The predicted molar refractivity (Wildman–Crippen MR) is 70.0 cm³/mol. The van der Waals surface area contributed by atoms with E-state index in [1.165, 1.54) is 0 Å². The van der Waals surface area contributed by atoms with Crippen LogP contribution in [0.4, 0.5) is 5.82 Å². The summed E-state index contributed by atoms with van der Waals surface area (Å²) in [6, 6.07) is 0. The molecule has 2 rings (SSSR count). The third-order valence-corrected chi connectivity index (χ3v) is 2.85. The Labute approximate surface area is 108 Å². The van der Waals surface area contributed by atoms with E-state index in [2.05, 4.69) is 36.2 Å². The molecule has 0 saturated heterocycles. The van der Waals surface area contributed by atoms with Crippen molar-refractivity contribution in [2.75, 3.05) is 25.6 Å². The third-order valence-electron chi connectivity index (χ3n) is 2.27. The van der Waals surface area contributed by atoms with E-state index < -0.39 is 0 Å². The fraction of sp³-hybridized carbons (Fsp3) is 0.364. The zero-order chi connectivity index (χ0) is 12.1. The Morgan fingerprint density at radius 1 is 1.24 bits per heavy atom. The van der Waals surface area contributed by atoms with Gasteiger partial charge in [0, 0.05) is 38.9 Å². The molecule has 0 radical (unpaired) electrons. The van der Waals surface area contributed by atoms with Gasteiger partial charge in [-0.1, -0.05) is 0 Å². The second-order valence-corrected chi connectivity index (χ2v) is 4.34. The molecule has 0 amide bonds. The minimum Gasteiger partial charge on any atom is -0.385 e. The quantitative estimate of drug-likeness (QED) is 0.858. The summed E-state index contributed by atoms with van der Waals surface area (Å²) < 4.78 is 5.84. The molecule has 1 N–H and O–H groups in total. The van der Waals surface area contributed by atoms with Crippen LogP contribution in [0.15, 0.2) is 23.1 Å². The summed E-state index contributed by atoms with van der Waals surface area (Å²) >= 11 is 3.41. The van der Waals surface area contributed by atoms with Crippen LogP contribution in [0, 0.1) is 0 Å². The third kappa shape index (κ3) is 2.89. The molecule has 6 heteroatoms. The Balaban J connectivity index is 2.20. The highest BCUT2D eigenvalue weighted by molar-refractivity contribution is 9.10. The van der Waals surface area contributed by atoms with Crippen molar-refractivity contribution in [1.82, 2.24) is 15.0 Å². The number of hydrogen-bond donors (Lipinski definition) is 1. The molecule has 0 fully saturated rings. The standard InChI is InChI=1S/C11H13BrN4O/c1-17-6-2-3-15-11-10-9(8(12)7-16-11)13-4-5-14-10/h4-5,7H,2-3,6H2,1H3,(H,15,16). The molecule has 0 aromatic carbocycles. The predicted octanol–water partition coefficient (Wildman–Crippen LogP) is 2.24. The Morgan fingerprint density at radius 3 is 2.76 bits per heavy atom. The molecule has 0 saturated carbocycles. The summed E-state index contributed by atoms with van der Waals surface area (Å²) in [7, 11) is 1.69. The van der Waals surface area contributed by atoms with E-state index in [4.69, 9.17) is 4.74 Å². The molecule has 2 aromatic heterocycles. The zero-order valence-corrected chi connectivity index (χ0v) is 11.1. The van der Waals surface area contributed by atoms with Crippen LogP contribution in [-0.4, -0.2) is 35.2 Å². The molecule has 0 aliphatic carbocycles. The molecule has 0 aliphatic heterocycles. The first-order valence-electron chi connectivity index (χ1n) is 5.31. The highest BCUT2D eigenvalue weighted by Crippen LogP contribution is 2.23. The number of hydrogen-bond acceptors (Lipinski definition) is 5. The lowest BCUT2D eigenvalue weighted by molar-refractivity contribution is 0.198. The highest BCUT2D eigenvalue weighted by atomic mass is 79.9. The average molecular weight is 297 g/mol. The Bertz CT molecular complexity index is 506. The largest absolute Gasteiger partial charge is 0.385 e. The lowest BCUT2D eigenvalue weighted by Crippen LogP contribution is -2.07. The van der Waals surface area contributed by atoms with Crippen LogP contribution in [0.2, 0.25) is 0 Å². The maximum Gasteiger partial charge on any atom is 0.154 e. The number of aromatic nitrogens is 3. The van der Waals surface area contributed by atoms with Gasteiger partial charge in [-0.25, -0.2) is 9.97 Å². The second-order valence-electron chi connectivity index (χ2n) is 3.48. The van der Waals surface area contributed by atoms with Crippen molar-refractivity contribution in [2.24, 2.45) is 0 Å². The molecule has 2 heterocycles. The molecule has 0 bridgehead atoms. The van der Waals surface area contributed by atoms with E-state index >= 15 is 0 Å². The lowest BCUT2D eigenvalue weighted by atomic mass is 10.3. The summed E-state index contributed by atoms with van der Waals surface area (Å²) in [5.41, 5.74) is 1.59. The first kappa shape index (κ1) is 12.2. The van der Waals surface area contributed by atoms with Gasteiger partial charge in [-0.2, -0.15) is 0 Å². The van der Waals surface area contributed by atoms with E-state index in [1.807, 2.05) is 0 Å². The van der Waals surface area contributed by atoms with E-state index in [9.17, 15) is 0 Å². The SMILES string of the molecule is COCCCNc1ncc(Br)c2nccnc12. The number of halogens is 1. The molecular weight excluding hydrogens is 284 g/mol. The summed E-state index contributed by atoms with van der Waals surface area (Å²) in [4.78, 5) is 12.9. The van der Waals surface area contributed by atoms with Gasteiger partial charge in [-0.05, 0) is 22.4 Å². The van der Waals surface area contributed by atoms with Gasteiger partial charge in [-0.3, -0.25) is 4.98 Å². The summed E-state index contributed by atoms with van der Waals surface area (Å²) in [5, 5.41) is 3.24. The molecule has 17 heavy (non-hydrogen) atoms. The molecule has 0 spiro atoms. The Morgan fingerprint density at radius 2 is 2.00 bits per heavy atom. The normalized spacial score (nSPS) is 10.7. The van der Waals surface area contributed by atoms with Gasteiger partial charge in [0.1, 0.15) is 11.0 Å². The lowest BCUT2D eigenvalue weighted by Gasteiger charge is -2.07. The van der Waals surface area contributed by atoms with Gasteiger partial charge in [-0.15, -0.1) is 0 Å². The van der Waals surface area contributed by atoms with E-state index in [-0.39, 0.29) is 0 Å². The number of nitrogens with one attached hydrogen (secondary N) is 1. The molecule has 0 unspecified atom stereocenters. The van der Waals surface area contributed by atoms with E-state index in [0.717, 1.165) is 40.9 Å². The average Bonchev–Trinajstić information content (AvgIpc) is 2.37. The molecular formula is C11H13BrN4O. The summed E-state index contributed by atoms with van der Waals surface area (Å²) in [6.45, 7) is 1.53. The smallest absolute Gasteiger partial charge is 0.154 e. The van der Waals surface area contributed by atoms with Crippen molar-refractivity contribution in [1.29, 1.82) is 0 Å².